The van der Waals surface area contributed by atoms with E-state index < -0.39 is 15.8 Å². The van der Waals surface area contributed by atoms with Crippen LogP contribution in [0.1, 0.15) is 20.3 Å². The number of anilines is 1. The van der Waals surface area contributed by atoms with Crippen molar-refractivity contribution in [3.63, 3.8) is 0 Å². The second-order valence-electron chi connectivity index (χ2n) is 5.28. The van der Waals surface area contributed by atoms with Crippen molar-refractivity contribution in [3.05, 3.63) is 30.1 Å². The number of hydrogen-bond acceptors (Lipinski definition) is 3. The second-order valence-corrected chi connectivity index (χ2v) is 7.19. The Balaban J connectivity index is 2.76. The minimum Gasteiger partial charge on any atom is -0.355 e. The van der Waals surface area contributed by atoms with Crippen molar-refractivity contribution in [1.29, 1.82) is 0 Å². The van der Waals surface area contributed by atoms with Gasteiger partial charge >= 0.3 is 0 Å². The van der Waals surface area contributed by atoms with Crippen molar-refractivity contribution in [1.82, 2.24) is 5.32 Å². The molecule has 1 aromatic rings. The summed E-state index contributed by atoms with van der Waals surface area (Å²) in [5.74, 6) is -0.396. The molecule has 118 valence electrons. The van der Waals surface area contributed by atoms with E-state index in [9.17, 15) is 17.6 Å². The van der Waals surface area contributed by atoms with E-state index in [1.54, 1.807) is 0 Å². The van der Waals surface area contributed by atoms with E-state index in [2.05, 4.69) is 5.32 Å². The van der Waals surface area contributed by atoms with Crippen molar-refractivity contribution in [2.24, 2.45) is 5.92 Å². The smallest absolute Gasteiger partial charge is 0.240 e. The van der Waals surface area contributed by atoms with Crippen LogP contribution in [0.4, 0.5) is 10.1 Å². The maximum absolute atomic E-state index is 12.9. The lowest BCUT2D eigenvalue weighted by molar-refractivity contribution is -0.119. The molecule has 0 spiro atoms. The minimum atomic E-state index is -3.62. The molecule has 0 saturated carbocycles. The first-order valence-electron chi connectivity index (χ1n) is 6.70. The Morgan fingerprint density at radius 1 is 1.29 bits per heavy atom. The molecule has 0 aliphatic heterocycles. The standard InChI is InChI=1S/C14H21FN2O3S/c1-11(2)8-9-16-14(18)10-17(21(3,19)20)13-6-4-12(15)5-7-13/h4-7,11H,8-10H2,1-3H3,(H,16,18). The van der Waals surface area contributed by atoms with Crippen molar-refractivity contribution < 1.29 is 17.6 Å². The van der Waals surface area contributed by atoms with Gasteiger partial charge in [0.15, 0.2) is 0 Å². The summed E-state index contributed by atoms with van der Waals surface area (Å²) in [5, 5.41) is 2.68. The van der Waals surface area contributed by atoms with Crippen LogP contribution in [0.15, 0.2) is 24.3 Å². The van der Waals surface area contributed by atoms with E-state index in [1.807, 2.05) is 13.8 Å². The van der Waals surface area contributed by atoms with E-state index >= 15 is 0 Å². The molecule has 21 heavy (non-hydrogen) atoms. The third-order valence-electron chi connectivity index (χ3n) is 2.85. The molecule has 0 radical (unpaired) electrons. The number of rotatable bonds is 7. The lowest BCUT2D eigenvalue weighted by atomic mass is 10.1. The van der Waals surface area contributed by atoms with Gasteiger partial charge < -0.3 is 5.32 Å². The Morgan fingerprint density at radius 2 is 1.86 bits per heavy atom. The number of nitrogens with one attached hydrogen (secondary N) is 1. The molecule has 7 heteroatoms. The van der Waals surface area contributed by atoms with Crippen LogP contribution in [0.2, 0.25) is 0 Å². The zero-order valence-electron chi connectivity index (χ0n) is 12.5. The topological polar surface area (TPSA) is 66.5 Å². The van der Waals surface area contributed by atoms with E-state index in [-0.39, 0.29) is 18.1 Å². The van der Waals surface area contributed by atoms with Gasteiger partial charge in [-0.15, -0.1) is 0 Å². The molecular formula is C14H21FN2O3S. The average Bonchev–Trinajstić information content (AvgIpc) is 2.35. The molecule has 0 aliphatic rings. The second kappa shape index (κ2) is 7.40. The van der Waals surface area contributed by atoms with Gasteiger partial charge in [-0.25, -0.2) is 12.8 Å². The Hall–Kier alpha value is -1.63. The van der Waals surface area contributed by atoms with Crippen LogP contribution in [0.3, 0.4) is 0 Å². The molecule has 0 atom stereocenters. The fourth-order valence-corrected chi connectivity index (χ4v) is 2.55. The van der Waals surface area contributed by atoms with Gasteiger partial charge in [0.2, 0.25) is 15.9 Å². The Morgan fingerprint density at radius 3 is 2.33 bits per heavy atom. The summed E-state index contributed by atoms with van der Waals surface area (Å²) in [7, 11) is -3.62. The number of amides is 1. The van der Waals surface area contributed by atoms with Crippen LogP contribution in [-0.4, -0.2) is 33.7 Å². The van der Waals surface area contributed by atoms with Gasteiger partial charge in [0, 0.05) is 6.54 Å². The predicted molar refractivity (Wildman–Crippen MR) is 81.1 cm³/mol. The molecule has 1 N–H and O–H groups in total. The Labute approximate surface area is 125 Å². The number of benzene rings is 1. The Bertz CT molecular complexity index is 570. The van der Waals surface area contributed by atoms with Gasteiger partial charge in [0.05, 0.1) is 11.9 Å². The van der Waals surface area contributed by atoms with Gasteiger partial charge in [-0.05, 0) is 36.6 Å². The molecule has 5 nitrogen and oxygen atoms in total. The molecule has 1 amide bonds. The highest BCUT2D eigenvalue weighted by Gasteiger charge is 2.20. The maximum atomic E-state index is 12.9. The number of nitrogens with zero attached hydrogens (tertiary/aromatic N) is 1. The number of halogens is 1. The first kappa shape index (κ1) is 17.4. The van der Waals surface area contributed by atoms with E-state index in [1.165, 1.54) is 12.1 Å². The molecular weight excluding hydrogens is 295 g/mol. The van der Waals surface area contributed by atoms with Crippen LogP contribution < -0.4 is 9.62 Å². The molecule has 0 fully saturated rings. The molecule has 0 saturated heterocycles. The summed E-state index contributed by atoms with van der Waals surface area (Å²) in [6, 6.07) is 4.98. The molecule has 0 bridgehead atoms. The van der Waals surface area contributed by atoms with Crippen LogP contribution in [0.5, 0.6) is 0 Å². The van der Waals surface area contributed by atoms with E-state index in [0.29, 0.717) is 12.5 Å². The van der Waals surface area contributed by atoms with Crippen LogP contribution >= 0.6 is 0 Å². The lowest BCUT2D eigenvalue weighted by Gasteiger charge is -2.22. The minimum absolute atomic E-state index is 0.262. The molecule has 0 heterocycles. The van der Waals surface area contributed by atoms with Crippen molar-refractivity contribution in [2.75, 3.05) is 23.7 Å². The third-order valence-corrected chi connectivity index (χ3v) is 3.99. The molecule has 0 aromatic heterocycles. The zero-order valence-corrected chi connectivity index (χ0v) is 13.3. The Kier molecular flexibility index (Phi) is 6.14. The van der Waals surface area contributed by atoms with Gasteiger partial charge in [-0.3, -0.25) is 9.10 Å². The average molecular weight is 316 g/mol. The molecule has 1 aromatic carbocycles. The van der Waals surface area contributed by atoms with Crippen LogP contribution in [0.25, 0.3) is 0 Å². The van der Waals surface area contributed by atoms with Gasteiger partial charge in [-0.1, -0.05) is 13.8 Å². The SMILES string of the molecule is CC(C)CCNC(=O)CN(c1ccc(F)cc1)S(C)(=O)=O. The van der Waals surface area contributed by atoms with Gasteiger partial charge in [0.25, 0.3) is 0 Å². The number of hydrogen-bond donors (Lipinski definition) is 1. The van der Waals surface area contributed by atoms with Crippen LogP contribution in [-0.2, 0) is 14.8 Å². The van der Waals surface area contributed by atoms with E-state index in [0.717, 1.165) is 29.1 Å². The van der Waals surface area contributed by atoms with E-state index in [4.69, 9.17) is 0 Å². The maximum Gasteiger partial charge on any atom is 0.240 e. The summed E-state index contributed by atoms with van der Waals surface area (Å²) in [6.45, 7) is 4.25. The van der Waals surface area contributed by atoms with Crippen molar-refractivity contribution >= 4 is 21.6 Å². The fraction of sp³-hybridized carbons (Fsp3) is 0.500. The summed E-state index contributed by atoms with van der Waals surface area (Å²) < 4.78 is 37.4. The highest BCUT2D eigenvalue weighted by molar-refractivity contribution is 7.92. The first-order chi connectivity index (χ1) is 9.70. The number of carbonyl (C=O) groups is 1. The molecule has 1 rings (SSSR count). The highest BCUT2D eigenvalue weighted by Crippen LogP contribution is 2.17. The lowest BCUT2D eigenvalue weighted by Crippen LogP contribution is -2.40. The fourth-order valence-electron chi connectivity index (χ4n) is 1.69. The van der Waals surface area contributed by atoms with Crippen LogP contribution in [0, 0.1) is 11.7 Å². The predicted octanol–water partition coefficient (Wildman–Crippen LogP) is 1.75. The monoisotopic (exact) mass is 316 g/mol. The van der Waals surface area contributed by atoms with Gasteiger partial charge in [-0.2, -0.15) is 0 Å². The largest absolute Gasteiger partial charge is 0.355 e. The summed E-state index contributed by atoms with van der Waals surface area (Å²) in [4.78, 5) is 11.8. The molecule has 0 aliphatic carbocycles. The summed E-state index contributed by atoms with van der Waals surface area (Å²) in [5.41, 5.74) is 0.262. The highest BCUT2D eigenvalue weighted by atomic mass is 32.2. The van der Waals surface area contributed by atoms with Crippen molar-refractivity contribution in [2.45, 2.75) is 20.3 Å². The van der Waals surface area contributed by atoms with Crippen molar-refractivity contribution in [3.8, 4) is 0 Å². The number of sulfonamides is 1. The quantitative estimate of drug-likeness (QED) is 0.833. The number of carbonyl (C=O) groups excluding carboxylic acids is 1. The normalized spacial score (nSPS) is 11.5. The van der Waals surface area contributed by atoms with Gasteiger partial charge in [0.1, 0.15) is 12.4 Å². The summed E-state index contributed by atoms with van der Waals surface area (Å²) >= 11 is 0. The first-order valence-corrected chi connectivity index (χ1v) is 8.55. The summed E-state index contributed by atoms with van der Waals surface area (Å²) in [6.07, 6.45) is 1.83. The molecule has 0 unspecified atom stereocenters. The zero-order chi connectivity index (χ0) is 16.0. The third kappa shape index (κ3) is 6.12.